The lowest BCUT2D eigenvalue weighted by atomic mass is 10.0. The van der Waals surface area contributed by atoms with Gasteiger partial charge in [0.2, 0.25) is 11.9 Å². The summed E-state index contributed by atoms with van der Waals surface area (Å²) in [6.07, 6.45) is -5.62. The van der Waals surface area contributed by atoms with Crippen LogP contribution in [0.15, 0.2) is 42.5 Å². The number of para-hydroxylation sites is 1. The predicted octanol–water partition coefficient (Wildman–Crippen LogP) is 5.98. The van der Waals surface area contributed by atoms with Gasteiger partial charge in [0.1, 0.15) is 0 Å². The second-order valence-corrected chi connectivity index (χ2v) is 9.42. The minimum absolute atomic E-state index is 0.0334. The molecule has 1 unspecified atom stereocenters. The third-order valence-electron chi connectivity index (χ3n) is 7.08. The van der Waals surface area contributed by atoms with Crippen molar-refractivity contribution in [2.24, 2.45) is 5.92 Å². The number of alkyl halides is 6. The number of nitrogens with zero attached hydrogens (tertiary/aromatic N) is 2. The number of aromatic nitrogens is 2. The van der Waals surface area contributed by atoms with Crippen molar-refractivity contribution in [1.29, 1.82) is 0 Å². The number of anilines is 1. The van der Waals surface area contributed by atoms with Gasteiger partial charge in [-0.3, -0.25) is 19.5 Å². The minimum Gasteiger partial charge on any atom is -0.317 e. The molecule has 1 aliphatic heterocycles. The SMILES string of the molecule is O=C(CCC1CCCC1)NC1(C(F)(F)F)C(=O)Nc2nc3c(-c4ccc(C(F)(F)F)cc4)cccc3n21. The molecule has 1 fully saturated rings. The molecule has 2 amide bonds. The Kier molecular flexibility index (Phi) is 5.95. The average Bonchev–Trinajstić information content (AvgIpc) is 3.53. The Balaban J connectivity index is 1.55. The van der Waals surface area contributed by atoms with E-state index < -0.39 is 41.3 Å². The first-order chi connectivity index (χ1) is 17.4. The quantitative estimate of drug-likeness (QED) is 0.404. The largest absolute Gasteiger partial charge is 0.440 e. The van der Waals surface area contributed by atoms with Crippen molar-refractivity contribution in [3.63, 3.8) is 0 Å². The van der Waals surface area contributed by atoms with Crippen LogP contribution in [0.1, 0.15) is 44.1 Å². The van der Waals surface area contributed by atoms with Crippen LogP contribution in [0.2, 0.25) is 0 Å². The summed E-state index contributed by atoms with van der Waals surface area (Å²) in [5.74, 6) is -2.56. The van der Waals surface area contributed by atoms with Gasteiger partial charge in [-0.05, 0) is 36.1 Å². The Hall–Kier alpha value is -3.57. The summed E-state index contributed by atoms with van der Waals surface area (Å²) in [5.41, 5.74) is -3.81. The Bertz CT molecular complexity index is 1360. The van der Waals surface area contributed by atoms with Gasteiger partial charge in [-0.1, -0.05) is 49.9 Å². The molecule has 37 heavy (non-hydrogen) atoms. The zero-order chi connectivity index (χ0) is 26.6. The standard InChI is InChI=1S/C25H22F6N4O2/c26-24(27,28)16-11-9-15(10-12-16)17-6-3-7-18-20(17)32-22-33-21(37)23(35(18)22,25(29,30)31)34-19(36)13-8-14-4-1-2-5-14/h3,6-7,9-12,14H,1-2,4-5,8,13H2,(H,34,36)(H,32,33,37). The third-order valence-corrected chi connectivity index (χ3v) is 7.08. The first-order valence-electron chi connectivity index (χ1n) is 11.8. The molecule has 1 aliphatic carbocycles. The molecule has 12 heteroatoms. The molecular weight excluding hydrogens is 502 g/mol. The van der Waals surface area contributed by atoms with E-state index in [2.05, 4.69) is 10.3 Å². The second-order valence-electron chi connectivity index (χ2n) is 9.42. The van der Waals surface area contributed by atoms with Crippen LogP contribution in [-0.4, -0.2) is 27.5 Å². The van der Waals surface area contributed by atoms with E-state index in [0.717, 1.165) is 37.8 Å². The summed E-state index contributed by atoms with van der Waals surface area (Å²) in [6, 6.07) is 8.35. The lowest BCUT2D eigenvalue weighted by Crippen LogP contribution is -2.63. The van der Waals surface area contributed by atoms with Crippen molar-refractivity contribution < 1.29 is 35.9 Å². The fourth-order valence-electron chi connectivity index (χ4n) is 5.23. The number of benzene rings is 2. The normalized spacial score (nSPS) is 20.3. The molecule has 5 rings (SSSR count). The molecule has 196 valence electrons. The molecule has 1 saturated carbocycles. The van der Waals surface area contributed by atoms with E-state index in [-0.39, 0.29) is 28.9 Å². The van der Waals surface area contributed by atoms with Gasteiger partial charge >= 0.3 is 12.4 Å². The number of amides is 2. The Morgan fingerprint density at radius 2 is 1.73 bits per heavy atom. The number of imidazole rings is 1. The van der Waals surface area contributed by atoms with Crippen LogP contribution >= 0.6 is 0 Å². The summed E-state index contributed by atoms with van der Waals surface area (Å²) in [7, 11) is 0. The molecule has 6 nitrogen and oxygen atoms in total. The van der Waals surface area contributed by atoms with Gasteiger partial charge < -0.3 is 5.32 Å². The Labute approximate surface area is 207 Å². The summed E-state index contributed by atoms with van der Waals surface area (Å²) in [4.78, 5) is 29.7. The van der Waals surface area contributed by atoms with Crippen molar-refractivity contribution >= 4 is 28.8 Å². The van der Waals surface area contributed by atoms with E-state index in [9.17, 15) is 35.9 Å². The van der Waals surface area contributed by atoms with Gasteiger partial charge in [-0.25, -0.2) is 4.98 Å². The maximum absolute atomic E-state index is 14.6. The highest BCUT2D eigenvalue weighted by Gasteiger charge is 2.67. The molecule has 0 saturated heterocycles. The zero-order valence-corrected chi connectivity index (χ0v) is 19.3. The fraction of sp³-hybridized carbons (Fsp3) is 0.400. The molecule has 3 aromatic rings. The third kappa shape index (κ3) is 4.21. The monoisotopic (exact) mass is 524 g/mol. The lowest BCUT2D eigenvalue weighted by molar-refractivity contribution is -0.217. The van der Waals surface area contributed by atoms with Crippen LogP contribution in [0.4, 0.5) is 32.3 Å². The molecule has 0 spiro atoms. The van der Waals surface area contributed by atoms with Gasteiger partial charge in [-0.2, -0.15) is 26.3 Å². The van der Waals surface area contributed by atoms with Gasteiger partial charge in [0.15, 0.2) is 0 Å². The number of rotatable bonds is 5. The summed E-state index contributed by atoms with van der Waals surface area (Å²) in [6.45, 7) is 0. The van der Waals surface area contributed by atoms with E-state index in [4.69, 9.17) is 0 Å². The number of carbonyl (C=O) groups is 2. The number of hydrogen-bond acceptors (Lipinski definition) is 3. The average molecular weight is 524 g/mol. The van der Waals surface area contributed by atoms with E-state index in [1.54, 1.807) is 0 Å². The molecule has 2 aliphatic rings. The molecule has 1 aromatic heterocycles. The topological polar surface area (TPSA) is 76.0 Å². The second kappa shape index (κ2) is 8.77. The van der Waals surface area contributed by atoms with Crippen LogP contribution in [0.5, 0.6) is 0 Å². The van der Waals surface area contributed by atoms with E-state index in [0.29, 0.717) is 16.6 Å². The molecule has 1 atom stereocenters. The Morgan fingerprint density at radius 1 is 1.05 bits per heavy atom. The highest BCUT2D eigenvalue weighted by atomic mass is 19.4. The van der Waals surface area contributed by atoms with Crippen molar-refractivity contribution in [3.05, 3.63) is 48.0 Å². The first-order valence-corrected chi connectivity index (χ1v) is 11.8. The highest BCUT2D eigenvalue weighted by Crippen LogP contribution is 2.45. The van der Waals surface area contributed by atoms with Crippen molar-refractivity contribution in [1.82, 2.24) is 14.9 Å². The van der Waals surface area contributed by atoms with Gasteiger partial charge in [-0.15, -0.1) is 0 Å². The lowest BCUT2D eigenvalue weighted by Gasteiger charge is -2.32. The van der Waals surface area contributed by atoms with Gasteiger partial charge in [0.05, 0.1) is 16.6 Å². The molecular formula is C25H22F6N4O2. The van der Waals surface area contributed by atoms with E-state index in [1.165, 1.54) is 30.3 Å². The van der Waals surface area contributed by atoms with Crippen LogP contribution in [0, 0.1) is 5.92 Å². The summed E-state index contributed by atoms with van der Waals surface area (Å²) in [5, 5.41) is 4.07. The number of fused-ring (bicyclic) bond motifs is 3. The van der Waals surface area contributed by atoms with Crippen molar-refractivity contribution in [2.45, 2.75) is 56.5 Å². The van der Waals surface area contributed by atoms with Gasteiger partial charge in [0.25, 0.3) is 11.6 Å². The minimum atomic E-state index is -5.22. The van der Waals surface area contributed by atoms with Gasteiger partial charge in [0, 0.05) is 12.0 Å². The molecule has 0 radical (unpaired) electrons. The maximum atomic E-state index is 14.6. The van der Waals surface area contributed by atoms with Crippen molar-refractivity contribution in [3.8, 4) is 11.1 Å². The zero-order valence-electron chi connectivity index (χ0n) is 19.3. The fourth-order valence-corrected chi connectivity index (χ4v) is 5.23. The van der Waals surface area contributed by atoms with Crippen molar-refractivity contribution in [2.75, 3.05) is 5.32 Å². The predicted molar refractivity (Wildman–Crippen MR) is 122 cm³/mol. The Morgan fingerprint density at radius 3 is 2.35 bits per heavy atom. The van der Waals surface area contributed by atoms with Crippen LogP contribution in [-0.2, 0) is 21.4 Å². The number of carbonyl (C=O) groups excluding carboxylic acids is 2. The van der Waals surface area contributed by atoms with E-state index >= 15 is 0 Å². The molecule has 2 N–H and O–H groups in total. The number of halogens is 6. The van der Waals surface area contributed by atoms with Crippen LogP contribution < -0.4 is 10.6 Å². The molecule has 2 heterocycles. The highest BCUT2D eigenvalue weighted by molar-refractivity contribution is 6.06. The first kappa shape index (κ1) is 25.1. The molecule has 2 aromatic carbocycles. The number of nitrogens with one attached hydrogen (secondary N) is 2. The smallest absolute Gasteiger partial charge is 0.317 e. The summed E-state index contributed by atoms with van der Waals surface area (Å²) < 4.78 is 83.3. The van der Waals surface area contributed by atoms with Crippen LogP contribution in [0.3, 0.4) is 0 Å². The molecule has 0 bridgehead atoms. The number of hydrogen-bond donors (Lipinski definition) is 2. The van der Waals surface area contributed by atoms with Crippen LogP contribution in [0.25, 0.3) is 22.2 Å². The van der Waals surface area contributed by atoms with E-state index in [1.807, 2.05) is 5.32 Å². The maximum Gasteiger partial charge on any atom is 0.440 e. The summed E-state index contributed by atoms with van der Waals surface area (Å²) >= 11 is 0.